The van der Waals surface area contributed by atoms with Gasteiger partial charge in [0, 0.05) is 24.2 Å². The Kier molecular flexibility index (Phi) is 6.31. The van der Waals surface area contributed by atoms with Crippen LogP contribution in [0.5, 0.6) is 11.6 Å². The highest BCUT2D eigenvalue weighted by atomic mass is 35.5. The summed E-state index contributed by atoms with van der Waals surface area (Å²) in [6.07, 6.45) is 1.01. The van der Waals surface area contributed by atoms with E-state index in [2.05, 4.69) is 10.1 Å². The Hall–Kier alpha value is -2.48. The number of pyridine rings is 1. The molecule has 26 heavy (non-hydrogen) atoms. The van der Waals surface area contributed by atoms with Gasteiger partial charge < -0.3 is 24.0 Å². The minimum absolute atomic E-state index is 0.210. The molecule has 0 aliphatic rings. The van der Waals surface area contributed by atoms with E-state index in [1.807, 2.05) is 20.8 Å². The highest BCUT2D eigenvalue weighted by Gasteiger charge is 2.25. The third kappa shape index (κ3) is 4.78. The predicted molar refractivity (Wildman–Crippen MR) is 95.9 cm³/mol. The first-order valence-electron chi connectivity index (χ1n) is 8.03. The average Bonchev–Trinajstić information content (AvgIpc) is 3.06. The van der Waals surface area contributed by atoms with Crippen molar-refractivity contribution < 1.29 is 23.9 Å². The summed E-state index contributed by atoms with van der Waals surface area (Å²) >= 11 is 6.02. The lowest BCUT2D eigenvalue weighted by molar-refractivity contribution is 0.0960. The standard InChI is InChI=1S/C17H22ClN3O5/c1-17(2,3)21(16(22)23)8-5-9-25-15-14(11-6-7-19-26-11)12(24-4)10-13(18)20-15/h6-7,10H,5,8-9H2,1-4H3,(H,22,23). The smallest absolute Gasteiger partial charge is 0.407 e. The van der Waals surface area contributed by atoms with Crippen LogP contribution in [0.3, 0.4) is 0 Å². The number of methoxy groups -OCH3 is 1. The number of aromatic nitrogens is 2. The fourth-order valence-corrected chi connectivity index (χ4v) is 2.59. The Labute approximate surface area is 156 Å². The quantitative estimate of drug-likeness (QED) is 0.571. The molecule has 2 rings (SSSR count). The third-order valence-corrected chi connectivity index (χ3v) is 3.82. The van der Waals surface area contributed by atoms with Gasteiger partial charge in [-0.25, -0.2) is 9.78 Å². The first kappa shape index (κ1) is 19.8. The van der Waals surface area contributed by atoms with Crippen LogP contribution >= 0.6 is 11.6 Å². The summed E-state index contributed by atoms with van der Waals surface area (Å²) in [4.78, 5) is 16.9. The molecule has 142 valence electrons. The Balaban J connectivity index is 2.12. The molecule has 2 aromatic heterocycles. The van der Waals surface area contributed by atoms with Crippen molar-refractivity contribution in [2.24, 2.45) is 0 Å². The average molecular weight is 384 g/mol. The maximum Gasteiger partial charge on any atom is 0.407 e. The SMILES string of the molecule is COc1cc(Cl)nc(OCCCN(C(=O)O)C(C)(C)C)c1-c1ccno1. The summed E-state index contributed by atoms with van der Waals surface area (Å²) in [5.74, 6) is 1.12. The first-order chi connectivity index (χ1) is 12.2. The lowest BCUT2D eigenvalue weighted by Gasteiger charge is -2.33. The first-order valence-corrected chi connectivity index (χ1v) is 8.40. The molecule has 9 heteroatoms. The van der Waals surface area contributed by atoms with E-state index in [4.69, 9.17) is 25.6 Å². The minimum atomic E-state index is -0.970. The molecule has 1 amide bonds. The van der Waals surface area contributed by atoms with Crippen LogP contribution in [-0.4, -0.2) is 52.0 Å². The summed E-state index contributed by atoms with van der Waals surface area (Å²) in [6.45, 7) is 6.10. The van der Waals surface area contributed by atoms with Gasteiger partial charge in [0.05, 0.1) is 19.9 Å². The molecule has 8 nitrogen and oxygen atoms in total. The Morgan fingerprint density at radius 2 is 2.15 bits per heavy atom. The maximum atomic E-state index is 11.4. The second-order valence-electron chi connectivity index (χ2n) is 6.51. The molecule has 0 bridgehead atoms. The van der Waals surface area contributed by atoms with Crippen molar-refractivity contribution in [2.45, 2.75) is 32.7 Å². The van der Waals surface area contributed by atoms with Crippen LogP contribution in [0.15, 0.2) is 22.9 Å². The molecule has 2 heterocycles. The molecule has 0 aromatic carbocycles. The Morgan fingerprint density at radius 3 is 2.69 bits per heavy atom. The van der Waals surface area contributed by atoms with Crippen molar-refractivity contribution >= 4 is 17.7 Å². The van der Waals surface area contributed by atoms with E-state index in [9.17, 15) is 9.90 Å². The summed E-state index contributed by atoms with van der Waals surface area (Å²) in [5.41, 5.74) is 0.00858. The molecular weight excluding hydrogens is 362 g/mol. The number of hydrogen-bond acceptors (Lipinski definition) is 6. The zero-order valence-electron chi connectivity index (χ0n) is 15.2. The lowest BCUT2D eigenvalue weighted by Crippen LogP contribution is -2.45. The molecule has 0 radical (unpaired) electrons. The zero-order valence-corrected chi connectivity index (χ0v) is 15.9. The Bertz CT molecular complexity index is 744. The molecule has 0 spiro atoms. The van der Waals surface area contributed by atoms with Gasteiger partial charge in [0.15, 0.2) is 5.76 Å². The molecule has 2 aromatic rings. The number of ether oxygens (including phenoxy) is 2. The number of halogens is 1. The molecule has 0 saturated heterocycles. The van der Waals surface area contributed by atoms with Gasteiger partial charge >= 0.3 is 6.09 Å². The van der Waals surface area contributed by atoms with Crippen LogP contribution in [0, 0.1) is 0 Å². The van der Waals surface area contributed by atoms with Crippen LogP contribution < -0.4 is 9.47 Å². The fourth-order valence-electron chi connectivity index (χ4n) is 2.42. The van der Waals surface area contributed by atoms with E-state index < -0.39 is 11.6 Å². The molecular formula is C17H22ClN3O5. The van der Waals surface area contributed by atoms with Gasteiger partial charge in [-0.05, 0) is 27.2 Å². The molecule has 0 saturated carbocycles. The van der Waals surface area contributed by atoms with Crippen LogP contribution in [0.2, 0.25) is 5.15 Å². The van der Waals surface area contributed by atoms with Gasteiger partial charge in [-0.2, -0.15) is 0 Å². The van der Waals surface area contributed by atoms with E-state index in [-0.39, 0.29) is 17.6 Å². The van der Waals surface area contributed by atoms with E-state index in [0.717, 1.165) is 0 Å². The topological polar surface area (TPSA) is 97.9 Å². The van der Waals surface area contributed by atoms with Crippen molar-refractivity contribution in [3.05, 3.63) is 23.5 Å². The maximum absolute atomic E-state index is 11.4. The van der Waals surface area contributed by atoms with Crippen molar-refractivity contribution in [1.82, 2.24) is 15.0 Å². The van der Waals surface area contributed by atoms with Crippen molar-refractivity contribution in [3.63, 3.8) is 0 Å². The summed E-state index contributed by atoms with van der Waals surface area (Å²) in [6, 6.07) is 3.21. The fraction of sp³-hybridized carbons (Fsp3) is 0.471. The number of carboxylic acid groups (broad SMARTS) is 1. The van der Waals surface area contributed by atoms with E-state index in [1.165, 1.54) is 18.2 Å². The third-order valence-electron chi connectivity index (χ3n) is 3.63. The number of amides is 1. The van der Waals surface area contributed by atoms with Crippen molar-refractivity contribution in [3.8, 4) is 23.0 Å². The molecule has 0 atom stereocenters. The predicted octanol–water partition coefficient (Wildman–Crippen LogP) is 3.95. The van der Waals surface area contributed by atoms with Gasteiger partial charge in [-0.15, -0.1) is 0 Å². The summed E-state index contributed by atoms with van der Waals surface area (Å²) in [7, 11) is 1.50. The van der Waals surface area contributed by atoms with Crippen molar-refractivity contribution in [1.29, 1.82) is 0 Å². The van der Waals surface area contributed by atoms with Gasteiger partial charge in [0.1, 0.15) is 16.5 Å². The minimum Gasteiger partial charge on any atom is -0.496 e. The lowest BCUT2D eigenvalue weighted by atomic mass is 10.1. The molecule has 0 fully saturated rings. The van der Waals surface area contributed by atoms with Gasteiger partial charge in [-0.1, -0.05) is 16.8 Å². The molecule has 0 aliphatic carbocycles. The summed E-state index contributed by atoms with van der Waals surface area (Å²) in [5, 5.41) is 13.2. The number of nitrogens with zero attached hydrogens (tertiary/aromatic N) is 3. The van der Waals surface area contributed by atoms with E-state index in [0.29, 0.717) is 30.0 Å². The molecule has 1 N–H and O–H groups in total. The van der Waals surface area contributed by atoms with Crippen LogP contribution in [0.4, 0.5) is 4.79 Å². The second kappa shape index (κ2) is 8.27. The molecule has 0 aliphatic heterocycles. The summed E-state index contributed by atoms with van der Waals surface area (Å²) < 4.78 is 16.3. The number of hydrogen-bond donors (Lipinski definition) is 1. The second-order valence-corrected chi connectivity index (χ2v) is 6.90. The van der Waals surface area contributed by atoms with Crippen LogP contribution in [-0.2, 0) is 0 Å². The zero-order chi connectivity index (χ0) is 19.3. The van der Waals surface area contributed by atoms with Crippen LogP contribution in [0.25, 0.3) is 11.3 Å². The Morgan fingerprint density at radius 1 is 1.42 bits per heavy atom. The normalized spacial score (nSPS) is 11.3. The largest absolute Gasteiger partial charge is 0.496 e. The van der Waals surface area contributed by atoms with Gasteiger partial charge in [0.2, 0.25) is 5.88 Å². The molecule has 0 unspecified atom stereocenters. The van der Waals surface area contributed by atoms with Crippen molar-refractivity contribution in [2.75, 3.05) is 20.3 Å². The highest BCUT2D eigenvalue weighted by Crippen LogP contribution is 2.38. The number of carbonyl (C=O) groups is 1. The van der Waals surface area contributed by atoms with Gasteiger partial charge in [-0.3, -0.25) is 0 Å². The van der Waals surface area contributed by atoms with E-state index in [1.54, 1.807) is 12.1 Å². The van der Waals surface area contributed by atoms with Gasteiger partial charge in [0.25, 0.3) is 0 Å². The number of rotatable bonds is 7. The monoisotopic (exact) mass is 383 g/mol. The highest BCUT2D eigenvalue weighted by molar-refractivity contribution is 6.29. The van der Waals surface area contributed by atoms with E-state index >= 15 is 0 Å². The van der Waals surface area contributed by atoms with Crippen LogP contribution in [0.1, 0.15) is 27.2 Å².